The topological polar surface area (TPSA) is 76.0 Å². The van der Waals surface area contributed by atoms with E-state index < -0.39 is 0 Å². The van der Waals surface area contributed by atoms with Crippen LogP contribution in [0.1, 0.15) is 23.2 Å². The van der Waals surface area contributed by atoms with Gasteiger partial charge in [0.05, 0.1) is 0 Å². The maximum absolute atomic E-state index is 12.7. The maximum Gasteiger partial charge on any atom is 0.251 e. The molecule has 0 fully saturated rings. The second-order valence-electron chi connectivity index (χ2n) is 4.79. The Bertz CT molecular complexity index is 652. The molecule has 7 heteroatoms. The van der Waals surface area contributed by atoms with Crippen LogP contribution < -0.4 is 10.6 Å². The Morgan fingerprint density at radius 2 is 1.95 bits per heavy atom. The van der Waals surface area contributed by atoms with E-state index in [1.807, 2.05) is 0 Å². The van der Waals surface area contributed by atoms with Gasteiger partial charge in [-0.2, -0.15) is 5.10 Å². The van der Waals surface area contributed by atoms with Crippen molar-refractivity contribution in [3.05, 3.63) is 47.9 Å². The van der Waals surface area contributed by atoms with Gasteiger partial charge in [-0.3, -0.25) is 14.3 Å². The summed E-state index contributed by atoms with van der Waals surface area (Å²) in [5.41, 5.74) is 0.388. The third-order valence-corrected chi connectivity index (χ3v) is 2.95. The molecule has 1 aromatic heterocycles. The van der Waals surface area contributed by atoms with Gasteiger partial charge in [-0.15, -0.1) is 0 Å². The quantitative estimate of drug-likeness (QED) is 0.798. The van der Waals surface area contributed by atoms with E-state index in [0.29, 0.717) is 24.3 Å². The average Bonchev–Trinajstić information content (AvgIpc) is 2.89. The summed E-state index contributed by atoms with van der Waals surface area (Å²) in [6, 6.07) is 7.00. The summed E-state index contributed by atoms with van der Waals surface area (Å²) in [4.78, 5) is 23.4. The van der Waals surface area contributed by atoms with Crippen LogP contribution in [0, 0.1) is 5.82 Å². The minimum atomic E-state index is -0.386. The molecule has 0 aliphatic carbocycles. The molecule has 0 spiro atoms. The van der Waals surface area contributed by atoms with Crippen molar-refractivity contribution in [2.45, 2.75) is 12.8 Å². The number of amides is 2. The van der Waals surface area contributed by atoms with Crippen molar-refractivity contribution in [2.24, 2.45) is 7.05 Å². The first-order valence-electron chi connectivity index (χ1n) is 6.88. The van der Waals surface area contributed by atoms with E-state index in [0.717, 1.165) is 0 Å². The molecule has 0 unspecified atom stereocenters. The Morgan fingerprint density at radius 1 is 1.23 bits per heavy atom. The van der Waals surface area contributed by atoms with Gasteiger partial charge >= 0.3 is 0 Å². The van der Waals surface area contributed by atoms with Crippen LogP contribution in [0.25, 0.3) is 0 Å². The Kier molecular flexibility index (Phi) is 5.24. The average molecular weight is 304 g/mol. The van der Waals surface area contributed by atoms with Crippen LogP contribution >= 0.6 is 0 Å². The number of halogens is 1. The van der Waals surface area contributed by atoms with E-state index in [1.165, 1.54) is 24.3 Å². The number of rotatable bonds is 6. The zero-order valence-corrected chi connectivity index (χ0v) is 12.2. The predicted molar refractivity (Wildman–Crippen MR) is 79.8 cm³/mol. The number of nitrogens with zero attached hydrogens (tertiary/aromatic N) is 2. The highest BCUT2D eigenvalue weighted by molar-refractivity contribution is 5.94. The minimum Gasteiger partial charge on any atom is -0.352 e. The molecular formula is C15H17FN4O2. The molecule has 0 bridgehead atoms. The van der Waals surface area contributed by atoms with Crippen LogP contribution in [0.4, 0.5) is 10.2 Å². The molecule has 2 rings (SSSR count). The first kappa shape index (κ1) is 15.7. The van der Waals surface area contributed by atoms with Crippen molar-refractivity contribution >= 4 is 17.6 Å². The number of carbonyl (C=O) groups is 2. The first-order chi connectivity index (χ1) is 10.5. The molecule has 0 saturated heterocycles. The van der Waals surface area contributed by atoms with E-state index in [1.54, 1.807) is 24.0 Å². The van der Waals surface area contributed by atoms with Gasteiger partial charge in [0.1, 0.15) is 5.82 Å². The fourth-order valence-electron chi connectivity index (χ4n) is 1.84. The zero-order chi connectivity index (χ0) is 15.9. The van der Waals surface area contributed by atoms with Crippen LogP contribution in [0.5, 0.6) is 0 Å². The molecular weight excluding hydrogens is 287 g/mol. The van der Waals surface area contributed by atoms with Crippen molar-refractivity contribution in [3.8, 4) is 0 Å². The minimum absolute atomic E-state index is 0.158. The standard InChI is InChI=1S/C15H17FN4O2/c1-20-10-8-13(19-20)18-14(21)3-2-9-17-15(22)11-4-6-12(16)7-5-11/h4-8,10H,2-3,9H2,1H3,(H,17,22)(H,18,19,21). The molecule has 0 atom stereocenters. The third kappa shape index (κ3) is 4.69. The molecule has 0 aliphatic rings. The molecule has 2 amide bonds. The van der Waals surface area contributed by atoms with Crippen LogP contribution in [0.3, 0.4) is 0 Å². The van der Waals surface area contributed by atoms with Gasteiger partial charge in [0.15, 0.2) is 5.82 Å². The lowest BCUT2D eigenvalue weighted by Crippen LogP contribution is -2.25. The van der Waals surface area contributed by atoms with Gasteiger partial charge in [0.2, 0.25) is 5.91 Å². The molecule has 2 N–H and O–H groups in total. The summed E-state index contributed by atoms with van der Waals surface area (Å²) >= 11 is 0. The summed E-state index contributed by atoms with van der Waals surface area (Å²) in [6.45, 7) is 0.367. The Balaban J connectivity index is 1.67. The van der Waals surface area contributed by atoms with Gasteiger partial charge in [0.25, 0.3) is 5.91 Å². The molecule has 0 radical (unpaired) electrons. The Labute approximate surface area is 127 Å². The van der Waals surface area contributed by atoms with Gasteiger partial charge in [-0.1, -0.05) is 0 Å². The van der Waals surface area contributed by atoms with Crippen LogP contribution in [0.15, 0.2) is 36.5 Å². The van der Waals surface area contributed by atoms with Crippen molar-refractivity contribution < 1.29 is 14.0 Å². The van der Waals surface area contributed by atoms with Gasteiger partial charge in [-0.25, -0.2) is 4.39 Å². The summed E-state index contributed by atoms with van der Waals surface area (Å²) in [6.07, 6.45) is 2.52. The normalized spacial score (nSPS) is 10.3. The highest BCUT2D eigenvalue weighted by atomic mass is 19.1. The molecule has 0 aliphatic heterocycles. The molecule has 2 aromatic rings. The van der Waals surface area contributed by atoms with Gasteiger partial charge in [-0.05, 0) is 30.7 Å². The zero-order valence-electron chi connectivity index (χ0n) is 12.2. The number of hydrogen-bond donors (Lipinski definition) is 2. The number of anilines is 1. The maximum atomic E-state index is 12.7. The Hall–Kier alpha value is -2.70. The lowest BCUT2D eigenvalue weighted by atomic mass is 10.2. The summed E-state index contributed by atoms with van der Waals surface area (Å²) in [5, 5.41) is 9.38. The van der Waals surface area contributed by atoms with Crippen LogP contribution in [0.2, 0.25) is 0 Å². The third-order valence-electron chi connectivity index (χ3n) is 2.95. The second kappa shape index (κ2) is 7.35. The van der Waals surface area contributed by atoms with Crippen molar-refractivity contribution in [3.63, 3.8) is 0 Å². The van der Waals surface area contributed by atoms with E-state index in [4.69, 9.17) is 0 Å². The van der Waals surface area contributed by atoms with E-state index in [9.17, 15) is 14.0 Å². The lowest BCUT2D eigenvalue weighted by molar-refractivity contribution is -0.116. The molecule has 1 aromatic carbocycles. The van der Waals surface area contributed by atoms with E-state index >= 15 is 0 Å². The van der Waals surface area contributed by atoms with Crippen molar-refractivity contribution in [1.29, 1.82) is 0 Å². The predicted octanol–water partition coefficient (Wildman–Crippen LogP) is 1.71. The summed E-state index contributed by atoms with van der Waals surface area (Å²) < 4.78 is 14.3. The molecule has 22 heavy (non-hydrogen) atoms. The fraction of sp³-hybridized carbons (Fsp3) is 0.267. The number of aromatic nitrogens is 2. The van der Waals surface area contributed by atoms with Gasteiger partial charge < -0.3 is 10.6 Å². The number of nitrogens with one attached hydrogen (secondary N) is 2. The lowest BCUT2D eigenvalue weighted by Gasteiger charge is -2.05. The Morgan fingerprint density at radius 3 is 2.59 bits per heavy atom. The van der Waals surface area contributed by atoms with E-state index in [2.05, 4.69) is 15.7 Å². The van der Waals surface area contributed by atoms with Crippen LogP contribution in [-0.2, 0) is 11.8 Å². The molecule has 116 valence electrons. The number of aryl methyl sites for hydroxylation is 1. The second-order valence-corrected chi connectivity index (χ2v) is 4.79. The van der Waals surface area contributed by atoms with Gasteiger partial charge in [0, 0.05) is 37.8 Å². The number of benzene rings is 1. The SMILES string of the molecule is Cn1ccc(NC(=O)CCCNC(=O)c2ccc(F)cc2)n1. The smallest absolute Gasteiger partial charge is 0.251 e. The fourth-order valence-corrected chi connectivity index (χ4v) is 1.84. The summed E-state index contributed by atoms with van der Waals surface area (Å²) in [5.74, 6) is -0.328. The first-order valence-corrected chi connectivity index (χ1v) is 6.88. The van der Waals surface area contributed by atoms with Crippen molar-refractivity contribution in [2.75, 3.05) is 11.9 Å². The monoisotopic (exact) mass is 304 g/mol. The summed E-state index contributed by atoms with van der Waals surface area (Å²) in [7, 11) is 1.76. The largest absolute Gasteiger partial charge is 0.352 e. The number of hydrogen-bond acceptors (Lipinski definition) is 3. The van der Waals surface area contributed by atoms with Crippen LogP contribution in [-0.4, -0.2) is 28.1 Å². The molecule has 0 saturated carbocycles. The molecule has 1 heterocycles. The van der Waals surface area contributed by atoms with E-state index in [-0.39, 0.29) is 24.1 Å². The van der Waals surface area contributed by atoms with Crippen molar-refractivity contribution in [1.82, 2.24) is 15.1 Å². The number of carbonyl (C=O) groups excluding carboxylic acids is 2. The highest BCUT2D eigenvalue weighted by Gasteiger charge is 2.07. The molecule has 6 nitrogen and oxygen atoms in total. The highest BCUT2D eigenvalue weighted by Crippen LogP contribution is 2.04.